The van der Waals surface area contributed by atoms with E-state index >= 15 is 0 Å². The molecule has 6 heteroatoms. The third kappa shape index (κ3) is 8.47. The monoisotopic (exact) mass is 614 g/mol. The average Bonchev–Trinajstić information content (AvgIpc) is 3.29. The van der Waals surface area contributed by atoms with E-state index in [2.05, 4.69) is 77.9 Å². The van der Waals surface area contributed by atoms with Crippen LogP contribution in [0.25, 0.3) is 11.1 Å². The maximum absolute atomic E-state index is 6.32. The first-order valence-corrected chi connectivity index (χ1v) is 18.4. The molecule has 2 aromatic rings. The Kier molecular flexibility index (Phi) is 12.0. The Morgan fingerprint density at radius 3 is 1.24 bits per heavy atom. The molecule has 0 spiro atoms. The summed E-state index contributed by atoms with van der Waals surface area (Å²) in [5, 5.41) is 0. The first-order valence-electron chi connectivity index (χ1n) is 18.4. The lowest BCUT2D eigenvalue weighted by molar-refractivity contribution is 0.0342. The number of fused-ring (bicyclic) bond motifs is 3. The minimum atomic E-state index is -0.296. The Balaban J connectivity index is 1.49. The van der Waals surface area contributed by atoms with Crippen molar-refractivity contribution in [2.45, 2.75) is 137 Å². The van der Waals surface area contributed by atoms with Gasteiger partial charge in [-0.15, -0.1) is 0 Å². The molecule has 5 rings (SSSR count). The van der Waals surface area contributed by atoms with Crippen molar-refractivity contribution in [3.63, 3.8) is 0 Å². The van der Waals surface area contributed by atoms with E-state index in [1.54, 1.807) is 0 Å². The zero-order chi connectivity index (χ0) is 31.9. The number of rotatable bonds is 16. The number of hydrogen-bond acceptors (Lipinski definition) is 4. The van der Waals surface area contributed by atoms with Crippen LogP contribution in [0.4, 0.5) is 0 Å². The van der Waals surface area contributed by atoms with Gasteiger partial charge in [-0.05, 0) is 46.0 Å². The quantitative estimate of drug-likeness (QED) is 0.140. The van der Waals surface area contributed by atoms with E-state index in [9.17, 15) is 0 Å². The lowest BCUT2D eigenvalue weighted by Gasteiger charge is -2.36. The van der Waals surface area contributed by atoms with Gasteiger partial charge in [-0.3, -0.25) is 0 Å². The normalized spacial score (nSPS) is 19.9. The van der Waals surface area contributed by atoms with Gasteiger partial charge in [0.1, 0.15) is 0 Å². The van der Waals surface area contributed by atoms with Crippen LogP contribution in [0.15, 0.2) is 36.4 Å². The van der Waals surface area contributed by atoms with Crippen LogP contribution in [0.2, 0.25) is 0 Å². The second-order valence-electron chi connectivity index (χ2n) is 16.0. The molecule has 0 unspecified atom stereocenters. The third-order valence-corrected chi connectivity index (χ3v) is 10.4. The van der Waals surface area contributed by atoms with Crippen LogP contribution >= 0.6 is 0 Å². The predicted octanol–water partition coefficient (Wildman–Crippen LogP) is 8.99. The summed E-state index contributed by atoms with van der Waals surface area (Å²) in [7, 11) is -0.591. The molecule has 4 nitrogen and oxygen atoms in total. The summed E-state index contributed by atoms with van der Waals surface area (Å²) >= 11 is 0. The molecule has 246 valence electrons. The Morgan fingerprint density at radius 2 is 0.867 bits per heavy atom. The van der Waals surface area contributed by atoms with Gasteiger partial charge in [0, 0.05) is 42.7 Å². The highest BCUT2D eigenvalue weighted by Gasteiger charge is 2.45. The maximum atomic E-state index is 6.32. The van der Waals surface area contributed by atoms with Crippen LogP contribution in [0.1, 0.15) is 143 Å². The van der Waals surface area contributed by atoms with Gasteiger partial charge in [0.05, 0.1) is 0 Å². The molecule has 2 aliphatic heterocycles. The number of unbranched alkanes of at least 4 members (excludes halogenated alkanes) is 10. The first-order chi connectivity index (χ1) is 21.7. The molecule has 0 N–H and O–H groups in total. The third-order valence-electron chi connectivity index (χ3n) is 10.4. The lowest BCUT2D eigenvalue weighted by atomic mass is 9.66. The first kappa shape index (κ1) is 34.7. The SMILES string of the molecule is CCCCCCCCC1(CCCCCCCC)c2cc(B3OCC(C)(C)CO3)ccc2-c2ccc(B3OCC(C)(C)CO3)cc21. The highest BCUT2D eigenvalue weighted by molar-refractivity contribution is 6.62. The minimum absolute atomic E-state index is 0.0198. The van der Waals surface area contributed by atoms with E-state index in [1.807, 2.05) is 0 Å². The van der Waals surface area contributed by atoms with E-state index in [0.29, 0.717) is 0 Å². The molecule has 0 aromatic heterocycles. The standard InChI is InChI=1S/C39H60B2O4/c1-7-9-11-13-15-17-23-39(24-18-16-14-12-10-8-2)35-25-31(40-42-27-37(3,4)28-43-40)19-21-33(35)34-22-20-32(26-36(34)39)41-44-29-38(5,6)30-45-41/h19-22,25-26H,7-18,23-24,27-30H2,1-6H3. The molecule has 2 aromatic carbocycles. The Bertz CT molecular complexity index is 1130. The van der Waals surface area contributed by atoms with Crippen molar-refractivity contribution >= 4 is 25.2 Å². The molecule has 0 amide bonds. The zero-order valence-electron chi connectivity index (χ0n) is 29.5. The van der Waals surface area contributed by atoms with Gasteiger partial charge >= 0.3 is 14.2 Å². The van der Waals surface area contributed by atoms with Crippen molar-refractivity contribution in [3.8, 4) is 11.1 Å². The molecule has 3 aliphatic rings. The fourth-order valence-corrected chi connectivity index (χ4v) is 7.67. The summed E-state index contributed by atoms with van der Waals surface area (Å²) in [5.74, 6) is 0. The molecule has 2 heterocycles. The topological polar surface area (TPSA) is 36.9 Å². The van der Waals surface area contributed by atoms with Crippen molar-refractivity contribution in [1.29, 1.82) is 0 Å². The van der Waals surface area contributed by atoms with Crippen molar-refractivity contribution in [1.82, 2.24) is 0 Å². The van der Waals surface area contributed by atoms with Crippen molar-refractivity contribution < 1.29 is 18.6 Å². The van der Waals surface area contributed by atoms with Crippen LogP contribution in [0.5, 0.6) is 0 Å². The summed E-state index contributed by atoms with van der Waals surface area (Å²) < 4.78 is 25.3. The second kappa shape index (κ2) is 15.5. The predicted molar refractivity (Wildman–Crippen MR) is 191 cm³/mol. The van der Waals surface area contributed by atoms with Crippen molar-refractivity contribution in [2.75, 3.05) is 26.4 Å². The molecular weight excluding hydrogens is 554 g/mol. The van der Waals surface area contributed by atoms with Gasteiger partial charge in [0.2, 0.25) is 0 Å². The molecule has 0 saturated carbocycles. The summed E-state index contributed by atoms with van der Waals surface area (Å²) in [6.45, 7) is 16.3. The number of benzene rings is 2. The molecule has 2 saturated heterocycles. The lowest BCUT2D eigenvalue weighted by Crippen LogP contribution is -2.48. The average molecular weight is 615 g/mol. The van der Waals surface area contributed by atoms with E-state index in [1.165, 1.54) is 112 Å². The van der Waals surface area contributed by atoms with Gasteiger partial charge in [-0.25, -0.2) is 0 Å². The van der Waals surface area contributed by atoms with Crippen LogP contribution in [0.3, 0.4) is 0 Å². The maximum Gasteiger partial charge on any atom is 0.493 e. The van der Waals surface area contributed by atoms with E-state index in [4.69, 9.17) is 18.6 Å². The molecule has 1 aliphatic carbocycles. The molecule has 2 fully saturated rings. The number of hydrogen-bond donors (Lipinski definition) is 0. The van der Waals surface area contributed by atoms with Gasteiger partial charge in [0.15, 0.2) is 0 Å². The molecule has 0 bridgehead atoms. The Morgan fingerprint density at radius 1 is 0.511 bits per heavy atom. The molecule has 45 heavy (non-hydrogen) atoms. The largest absolute Gasteiger partial charge is 0.493 e. The molecule has 0 atom stereocenters. The Hall–Kier alpha value is -1.59. The minimum Gasteiger partial charge on any atom is -0.407 e. The van der Waals surface area contributed by atoms with Crippen LogP contribution < -0.4 is 10.9 Å². The molecular formula is C39H60B2O4. The molecule has 0 radical (unpaired) electrons. The highest BCUT2D eigenvalue weighted by atomic mass is 16.6. The summed E-state index contributed by atoms with van der Waals surface area (Å²) in [6, 6.07) is 14.1. The van der Waals surface area contributed by atoms with Gasteiger partial charge in [-0.1, -0.05) is 155 Å². The van der Waals surface area contributed by atoms with Crippen LogP contribution in [-0.2, 0) is 24.0 Å². The summed E-state index contributed by atoms with van der Waals surface area (Å²) in [4.78, 5) is 0. The van der Waals surface area contributed by atoms with Gasteiger partial charge in [-0.2, -0.15) is 0 Å². The smallest absolute Gasteiger partial charge is 0.407 e. The fourth-order valence-electron chi connectivity index (χ4n) is 7.67. The van der Waals surface area contributed by atoms with E-state index < -0.39 is 0 Å². The summed E-state index contributed by atoms with van der Waals surface area (Å²) in [5.41, 5.74) is 8.15. The second-order valence-corrected chi connectivity index (χ2v) is 16.0. The van der Waals surface area contributed by atoms with E-state index in [-0.39, 0.29) is 30.5 Å². The zero-order valence-corrected chi connectivity index (χ0v) is 29.5. The van der Waals surface area contributed by atoms with Crippen molar-refractivity contribution in [2.24, 2.45) is 10.8 Å². The Labute approximate surface area is 276 Å². The van der Waals surface area contributed by atoms with Crippen LogP contribution in [-0.4, -0.2) is 40.7 Å². The highest BCUT2D eigenvalue weighted by Crippen LogP contribution is 2.54. The van der Waals surface area contributed by atoms with Crippen LogP contribution in [0, 0.1) is 10.8 Å². The van der Waals surface area contributed by atoms with Gasteiger partial charge < -0.3 is 18.6 Å². The van der Waals surface area contributed by atoms with Crippen molar-refractivity contribution in [3.05, 3.63) is 47.5 Å². The fraction of sp³-hybridized carbons (Fsp3) is 0.692. The van der Waals surface area contributed by atoms with E-state index in [0.717, 1.165) is 37.4 Å². The summed E-state index contributed by atoms with van der Waals surface area (Å²) in [6.07, 6.45) is 18.1. The van der Waals surface area contributed by atoms with Gasteiger partial charge in [0.25, 0.3) is 0 Å².